The first-order valence-electron chi connectivity index (χ1n) is 9.49. The van der Waals surface area contributed by atoms with Crippen LogP contribution in [0, 0.1) is 0 Å². The van der Waals surface area contributed by atoms with Crippen LogP contribution >= 0.6 is 0 Å². The Morgan fingerprint density at radius 3 is 1.54 bits per heavy atom. The standard InChI is InChI=1S/C18H31N3O6Si/c1-6-12-19-16(22)20(13-7-2)18(24)21(17(19)23)14-11-15-28(25-8-3,26-9-4)27-10-5/h6-7H,1-2,8-15H2,3-5H3. The lowest BCUT2D eigenvalue weighted by Crippen LogP contribution is -2.54. The number of allylic oxidation sites excluding steroid dienone is 2. The Kier molecular flexibility index (Phi) is 10.1. The van der Waals surface area contributed by atoms with Crippen molar-refractivity contribution in [2.45, 2.75) is 52.9 Å². The van der Waals surface area contributed by atoms with Crippen molar-refractivity contribution in [3.05, 3.63) is 56.8 Å². The Morgan fingerprint density at radius 1 is 0.786 bits per heavy atom. The highest BCUT2D eigenvalue weighted by atomic mass is 28.4. The molecule has 0 spiro atoms. The van der Waals surface area contributed by atoms with Crippen molar-refractivity contribution >= 4 is 8.80 Å². The maximum absolute atomic E-state index is 12.6. The molecule has 1 aromatic heterocycles. The van der Waals surface area contributed by atoms with Crippen LogP contribution in [0.4, 0.5) is 0 Å². The van der Waals surface area contributed by atoms with Crippen LogP contribution in [0.5, 0.6) is 0 Å². The first-order valence-corrected chi connectivity index (χ1v) is 11.4. The highest BCUT2D eigenvalue weighted by molar-refractivity contribution is 6.60. The molecule has 0 N–H and O–H groups in total. The summed E-state index contributed by atoms with van der Waals surface area (Å²) in [5.74, 6) is 0. The molecule has 0 aliphatic carbocycles. The summed E-state index contributed by atoms with van der Waals surface area (Å²) in [5.41, 5.74) is -1.99. The molecule has 1 rings (SSSR count). The molecule has 0 unspecified atom stereocenters. The zero-order valence-corrected chi connectivity index (χ0v) is 18.0. The fraction of sp³-hybridized carbons (Fsp3) is 0.611. The second-order valence-corrected chi connectivity index (χ2v) is 8.62. The van der Waals surface area contributed by atoms with E-state index in [1.165, 1.54) is 12.2 Å². The average molecular weight is 414 g/mol. The van der Waals surface area contributed by atoms with Crippen molar-refractivity contribution in [1.29, 1.82) is 0 Å². The second-order valence-electron chi connectivity index (χ2n) is 5.88. The average Bonchev–Trinajstić information content (AvgIpc) is 2.66. The molecule has 0 saturated heterocycles. The third-order valence-corrected chi connectivity index (χ3v) is 7.12. The molecule has 1 heterocycles. The highest BCUT2D eigenvalue weighted by Gasteiger charge is 2.39. The van der Waals surface area contributed by atoms with Crippen molar-refractivity contribution in [2.75, 3.05) is 19.8 Å². The summed E-state index contributed by atoms with van der Waals surface area (Å²) >= 11 is 0. The monoisotopic (exact) mass is 413 g/mol. The molecule has 0 aromatic carbocycles. The molecule has 0 bridgehead atoms. The van der Waals surface area contributed by atoms with Gasteiger partial charge in [0, 0.05) is 32.4 Å². The van der Waals surface area contributed by atoms with Gasteiger partial charge >= 0.3 is 25.9 Å². The van der Waals surface area contributed by atoms with Gasteiger partial charge in [-0.3, -0.25) is 0 Å². The maximum Gasteiger partial charge on any atom is 0.500 e. The van der Waals surface area contributed by atoms with E-state index in [2.05, 4.69) is 13.2 Å². The Balaban J connectivity index is 3.21. The van der Waals surface area contributed by atoms with Crippen LogP contribution in [-0.4, -0.2) is 42.3 Å². The van der Waals surface area contributed by atoms with Gasteiger partial charge in [0.2, 0.25) is 0 Å². The number of nitrogens with zero attached hydrogens (tertiary/aromatic N) is 3. The molecule has 0 fully saturated rings. The lowest BCUT2D eigenvalue weighted by molar-refractivity contribution is 0.0704. The SMILES string of the molecule is C=CCn1c(=O)n(CC=C)c(=O)n(CCC[Si](OCC)(OCC)OCC)c1=O. The zero-order valence-electron chi connectivity index (χ0n) is 17.0. The predicted octanol–water partition coefficient (Wildman–Crippen LogP) is 0.982. The topological polar surface area (TPSA) is 93.7 Å². The molecule has 0 radical (unpaired) electrons. The van der Waals surface area contributed by atoms with Gasteiger partial charge in [0.15, 0.2) is 0 Å². The van der Waals surface area contributed by atoms with Gasteiger partial charge in [-0.25, -0.2) is 28.1 Å². The fourth-order valence-electron chi connectivity index (χ4n) is 2.90. The highest BCUT2D eigenvalue weighted by Crippen LogP contribution is 2.18. The summed E-state index contributed by atoms with van der Waals surface area (Å²) in [6.07, 6.45) is 3.31. The first kappa shape index (κ1) is 24.0. The Hall–Kier alpha value is -2.01. The summed E-state index contributed by atoms with van der Waals surface area (Å²) in [6.45, 7) is 14.2. The van der Waals surface area contributed by atoms with E-state index in [1.807, 2.05) is 20.8 Å². The van der Waals surface area contributed by atoms with Crippen molar-refractivity contribution in [3.8, 4) is 0 Å². The second kappa shape index (κ2) is 11.7. The van der Waals surface area contributed by atoms with Crippen molar-refractivity contribution in [1.82, 2.24) is 13.7 Å². The molecule has 0 atom stereocenters. The minimum atomic E-state index is -2.88. The molecule has 0 aliphatic heterocycles. The van der Waals surface area contributed by atoms with Gasteiger partial charge in [-0.1, -0.05) is 12.2 Å². The van der Waals surface area contributed by atoms with Crippen molar-refractivity contribution in [3.63, 3.8) is 0 Å². The molecule has 0 aliphatic rings. The van der Waals surface area contributed by atoms with Gasteiger partial charge < -0.3 is 13.3 Å². The lowest BCUT2D eigenvalue weighted by atomic mass is 10.4. The van der Waals surface area contributed by atoms with Gasteiger partial charge in [-0.05, 0) is 27.2 Å². The van der Waals surface area contributed by atoms with Crippen LogP contribution in [0.15, 0.2) is 39.7 Å². The smallest absolute Gasteiger partial charge is 0.374 e. The number of aromatic nitrogens is 3. The number of hydrogen-bond acceptors (Lipinski definition) is 6. The summed E-state index contributed by atoms with van der Waals surface area (Å²) < 4.78 is 20.4. The fourth-order valence-corrected chi connectivity index (χ4v) is 5.49. The van der Waals surface area contributed by atoms with E-state index >= 15 is 0 Å². The Morgan fingerprint density at radius 2 is 1.18 bits per heavy atom. The van der Waals surface area contributed by atoms with E-state index in [4.69, 9.17) is 13.3 Å². The van der Waals surface area contributed by atoms with E-state index in [1.54, 1.807) is 0 Å². The summed E-state index contributed by atoms with van der Waals surface area (Å²) in [5, 5.41) is 0. The van der Waals surface area contributed by atoms with Crippen molar-refractivity contribution in [2.24, 2.45) is 0 Å². The molecular formula is C18H31N3O6Si. The molecule has 10 heteroatoms. The van der Waals surface area contributed by atoms with Gasteiger partial charge in [0.05, 0.1) is 13.1 Å². The molecule has 9 nitrogen and oxygen atoms in total. The van der Waals surface area contributed by atoms with Crippen LogP contribution in [0.3, 0.4) is 0 Å². The van der Waals surface area contributed by atoms with Crippen LogP contribution in [0.25, 0.3) is 0 Å². The maximum atomic E-state index is 12.6. The van der Waals surface area contributed by atoms with Gasteiger partial charge in [0.1, 0.15) is 0 Å². The minimum absolute atomic E-state index is 0.0185. The molecular weight excluding hydrogens is 382 g/mol. The van der Waals surface area contributed by atoms with Crippen LogP contribution in [0.2, 0.25) is 6.04 Å². The third kappa shape index (κ3) is 5.74. The zero-order chi connectivity index (χ0) is 21.2. The van der Waals surface area contributed by atoms with Crippen molar-refractivity contribution < 1.29 is 13.3 Å². The van der Waals surface area contributed by atoms with E-state index in [0.717, 1.165) is 13.7 Å². The Bertz CT molecular complexity index is 761. The molecule has 158 valence electrons. The van der Waals surface area contributed by atoms with Gasteiger partial charge in [0.25, 0.3) is 0 Å². The number of rotatable bonds is 14. The normalized spacial score (nSPS) is 11.5. The van der Waals surface area contributed by atoms with Crippen LogP contribution < -0.4 is 17.1 Å². The quantitative estimate of drug-likeness (QED) is 0.333. The van der Waals surface area contributed by atoms with Crippen LogP contribution in [0.1, 0.15) is 27.2 Å². The third-order valence-electron chi connectivity index (χ3n) is 3.97. The molecule has 0 amide bonds. The van der Waals surface area contributed by atoms with E-state index < -0.39 is 25.9 Å². The lowest BCUT2D eigenvalue weighted by Gasteiger charge is -2.28. The van der Waals surface area contributed by atoms with Crippen LogP contribution in [-0.2, 0) is 32.9 Å². The van der Waals surface area contributed by atoms with Gasteiger partial charge in [-0.2, -0.15) is 0 Å². The first-order chi connectivity index (χ1) is 13.4. The summed E-state index contributed by atoms with van der Waals surface area (Å²) in [6, 6.07) is 0.455. The molecule has 28 heavy (non-hydrogen) atoms. The molecule has 0 saturated carbocycles. The summed E-state index contributed by atoms with van der Waals surface area (Å²) in [7, 11) is -2.88. The van der Waals surface area contributed by atoms with Gasteiger partial charge in [-0.15, -0.1) is 13.2 Å². The minimum Gasteiger partial charge on any atom is -0.374 e. The Labute approximate surface area is 165 Å². The largest absolute Gasteiger partial charge is 0.500 e. The van der Waals surface area contributed by atoms with E-state index in [9.17, 15) is 14.4 Å². The predicted molar refractivity (Wildman–Crippen MR) is 110 cm³/mol. The van der Waals surface area contributed by atoms with E-state index in [-0.39, 0.29) is 19.6 Å². The van der Waals surface area contributed by atoms with E-state index in [0.29, 0.717) is 32.3 Å². The molecule has 1 aromatic rings. The number of hydrogen-bond donors (Lipinski definition) is 0. The summed E-state index contributed by atoms with van der Waals surface area (Å²) in [4.78, 5) is 37.7.